The molecule has 1 aromatic carbocycles. The van der Waals surface area contributed by atoms with Gasteiger partial charge in [-0.1, -0.05) is 16.6 Å². The summed E-state index contributed by atoms with van der Waals surface area (Å²) in [5.74, 6) is 5.38. The summed E-state index contributed by atoms with van der Waals surface area (Å²) in [7, 11) is 0. The third-order valence-corrected chi connectivity index (χ3v) is 3.45. The van der Waals surface area contributed by atoms with Gasteiger partial charge in [0.2, 0.25) is 0 Å². The number of para-hydroxylation sites is 2. The van der Waals surface area contributed by atoms with Gasteiger partial charge >= 0.3 is 0 Å². The number of rotatable bonds is 3. The SMILES string of the molecule is NNc1snnc1Cn1c(=O)cnc2ccccc21. The number of nitrogens with two attached hydrogens (primary N) is 1. The molecule has 0 unspecified atom stereocenters. The Bertz CT molecular complexity index is 780. The molecule has 96 valence electrons. The first kappa shape index (κ1) is 11.8. The third-order valence-electron chi connectivity index (χ3n) is 2.75. The molecule has 0 bridgehead atoms. The number of nitrogen functional groups attached to an aromatic ring is 1. The van der Waals surface area contributed by atoms with E-state index in [9.17, 15) is 4.79 Å². The number of nitrogens with one attached hydrogen (secondary N) is 1. The Hall–Kier alpha value is -2.32. The van der Waals surface area contributed by atoms with Crippen LogP contribution < -0.4 is 16.8 Å². The minimum atomic E-state index is -0.185. The van der Waals surface area contributed by atoms with E-state index in [1.807, 2.05) is 24.3 Å². The quantitative estimate of drug-likeness (QED) is 0.535. The first-order valence-electron chi connectivity index (χ1n) is 5.52. The normalized spacial score (nSPS) is 10.8. The van der Waals surface area contributed by atoms with Crippen LogP contribution in [0.5, 0.6) is 0 Å². The van der Waals surface area contributed by atoms with Crippen molar-refractivity contribution >= 4 is 27.6 Å². The average molecular weight is 274 g/mol. The van der Waals surface area contributed by atoms with Gasteiger partial charge in [-0.25, -0.2) is 10.8 Å². The van der Waals surface area contributed by atoms with E-state index < -0.39 is 0 Å². The molecule has 2 aromatic heterocycles. The zero-order valence-electron chi connectivity index (χ0n) is 9.78. The summed E-state index contributed by atoms with van der Waals surface area (Å²) in [6.07, 6.45) is 1.30. The van der Waals surface area contributed by atoms with E-state index in [4.69, 9.17) is 5.84 Å². The molecule has 0 saturated heterocycles. The van der Waals surface area contributed by atoms with Gasteiger partial charge in [0.1, 0.15) is 10.7 Å². The number of hydrazine groups is 1. The summed E-state index contributed by atoms with van der Waals surface area (Å²) in [5, 5.41) is 4.62. The highest BCUT2D eigenvalue weighted by Gasteiger charge is 2.10. The fourth-order valence-corrected chi connectivity index (χ4v) is 2.33. The maximum Gasteiger partial charge on any atom is 0.269 e. The molecule has 0 spiro atoms. The Kier molecular flexibility index (Phi) is 2.94. The standard InChI is InChI=1S/C11H10N6OS/c12-14-11-8(15-16-19-11)6-17-9-4-2-1-3-7(9)13-5-10(17)18/h1-5,14H,6,12H2. The van der Waals surface area contributed by atoms with Crippen molar-refractivity contribution in [3.63, 3.8) is 0 Å². The molecular formula is C11H10N6OS. The third kappa shape index (κ3) is 2.07. The number of hydrogen-bond acceptors (Lipinski definition) is 7. The first-order chi connectivity index (χ1) is 9.29. The molecule has 0 saturated carbocycles. The summed E-state index contributed by atoms with van der Waals surface area (Å²) >= 11 is 1.15. The van der Waals surface area contributed by atoms with Gasteiger partial charge in [-0.15, -0.1) is 5.10 Å². The van der Waals surface area contributed by atoms with Crippen LogP contribution in [0.3, 0.4) is 0 Å². The van der Waals surface area contributed by atoms with Crippen molar-refractivity contribution < 1.29 is 0 Å². The molecule has 7 nitrogen and oxygen atoms in total. The van der Waals surface area contributed by atoms with E-state index in [-0.39, 0.29) is 5.56 Å². The van der Waals surface area contributed by atoms with Crippen molar-refractivity contribution in [3.05, 3.63) is 46.5 Å². The van der Waals surface area contributed by atoms with Crippen LogP contribution in [0, 0.1) is 0 Å². The second kappa shape index (κ2) is 4.75. The van der Waals surface area contributed by atoms with Crippen LogP contribution in [-0.2, 0) is 6.54 Å². The Morgan fingerprint density at radius 2 is 2.21 bits per heavy atom. The lowest BCUT2D eigenvalue weighted by molar-refractivity contribution is 0.760. The highest BCUT2D eigenvalue weighted by Crippen LogP contribution is 2.18. The summed E-state index contributed by atoms with van der Waals surface area (Å²) in [5.41, 5.74) is 4.48. The van der Waals surface area contributed by atoms with Gasteiger partial charge in [0.25, 0.3) is 5.56 Å². The van der Waals surface area contributed by atoms with Gasteiger partial charge in [-0.3, -0.25) is 9.36 Å². The van der Waals surface area contributed by atoms with E-state index in [1.54, 1.807) is 4.57 Å². The molecule has 3 aromatic rings. The maximum atomic E-state index is 12.0. The molecule has 2 heterocycles. The van der Waals surface area contributed by atoms with Crippen LogP contribution in [-0.4, -0.2) is 19.1 Å². The zero-order chi connectivity index (χ0) is 13.2. The molecule has 0 aliphatic rings. The predicted octanol–water partition coefficient (Wildman–Crippen LogP) is 0.582. The van der Waals surface area contributed by atoms with Gasteiger partial charge in [-0.05, 0) is 12.1 Å². The first-order valence-corrected chi connectivity index (χ1v) is 6.29. The Labute approximate surface area is 111 Å². The number of anilines is 1. The van der Waals surface area contributed by atoms with Crippen molar-refractivity contribution in [1.29, 1.82) is 0 Å². The van der Waals surface area contributed by atoms with Gasteiger partial charge in [-0.2, -0.15) is 0 Å². The predicted molar refractivity (Wildman–Crippen MR) is 72.8 cm³/mol. The molecule has 3 rings (SSSR count). The van der Waals surface area contributed by atoms with Gasteiger partial charge in [0.15, 0.2) is 0 Å². The molecule has 0 radical (unpaired) electrons. The molecular weight excluding hydrogens is 264 g/mol. The Morgan fingerprint density at radius 1 is 1.37 bits per heavy atom. The second-order valence-electron chi connectivity index (χ2n) is 3.86. The van der Waals surface area contributed by atoms with Gasteiger partial charge in [0.05, 0.1) is 23.8 Å². The smallest absolute Gasteiger partial charge is 0.269 e. The molecule has 0 aliphatic carbocycles. The second-order valence-corrected chi connectivity index (χ2v) is 4.62. The van der Waals surface area contributed by atoms with Gasteiger partial charge < -0.3 is 5.43 Å². The molecule has 0 amide bonds. The zero-order valence-corrected chi connectivity index (χ0v) is 10.6. The summed E-state index contributed by atoms with van der Waals surface area (Å²) in [6.45, 7) is 0.303. The molecule has 0 atom stereocenters. The van der Waals surface area contributed by atoms with E-state index in [1.165, 1.54) is 6.20 Å². The lowest BCUT2D eigenvalue weighted by atomic mass is 10.3. The largest absolute Gasteiger partial charge is 0.313 e. The van der Waals surface area contributed by atoms with E-state index in [0.717, 1.165) is 22.6 Å². The van der Waals surface area contributed by atoms with E-state index in [2.05, 4.69) is 20.0 Å². The topological polar surface area (TPSA) is 98.7 Å². The van der Waals surface area contributed by atoms with Crippen LogP contribution in [0.2, 0.25) is 0 Å². The fraction of sp³-hybridized carbons (Fsp3) is 0.0909. The number of aromatic nitrogens is 4. The molecule has 0 aliphatic heterocycles. The lowest BCUT2D eigenvalue weighted by Gasteiger charge is -2.08. The highest BCUT2D eigenvalue weighted by molar-refractivity contribution is 7.10. The van der Waals surface area contributed by atoms with Crippen molar-refractivity contribution in [2.24, 2.45) is 5.84 Å². The molecule has 19 heavy (non-hydrogen) atoms. The monoisotopic (exact) mass is 274 g/mol. The van der Waals surface area contributed by atoms with Crippen molar-refractivity contribution in [2.75, 3.05) is 5.43 Å². The molecule has 0 fully saturated rings. The van der Waals surface area contributed by atoms with Crippen molar-refractivity contribution in [1.82, 2.24) is 19.1 Å². The Balaban J connectivity index is 2.15. The van der Waals surface area contributed by atoms with Crippen LogP contribution in [0.15, 0.2) is 35.3 Å². The van der Waals surface area contributed by atoms with Crippen LogP contribution in [0.4, 0.5) is 5.00 Å². The van der Waals surface area contributed by atoms with Gasteiger partial charge in [0, 0.05) is 11.5 Å². The number of fused-ring (bicyclic) bond motifs is 1. The van der Waals surface area contributed by atoms with Crippen LogP contribution >= 0.6 is 11.5 Å². The molecule has 3 N–H and O–H groups in total. The number of hydrogen-bond donors (Lipinski definition) is 2. The van der Waals surface area contributed by atoms with Crippen molar-refractivity contribution in [3.8, 4) is 0 Å². The highest BCUT2D eigenvalue weighted by atomic mass is 32.1. The number of benzene rings is 1. The molecule has 8 heteroatoms. The minimum Gasteiger partial charge on any atom is -0.313 e. The lowest BCUT2D eigenvalue weighted by Crippen LogP contribution is -2.22. The maximum absolute atomic E-state index is 12.0. The van der Waals surface area contributed by atoms with Crippen LogP contribution in [0.1, 0.15) is 5.69 Å². The van der Waals surface area contributed by atoms with E-state index >= 15 is 0 Å². The Morgan fingerprint density at radius 3 is 3.05 bits per heavy atom. The summed E-state index contributed by atoms with van der Waals surface area (Å²) in [6, 6.07) is 7.44. The fourth-order valence-electron chi connectivity index (χ4n) is 1.85. The average Bonchev–Trinajstić information content (AvgIpc) is 2.89. The van der Waals surface area contributed by atoms with E-state index in [0.29, 0.717) is 17.2 Å². The number of nitrogens with zero attached hydrogens (tertiary/aromatic N) is 4. The van der Waals surface area contributed by atoms with Crippen LogP contribution in [0.25, 0.3) is 11.0 Å². The summed E-state index contributed by atoms with van der Waals surface area (Å²) < 4.78 is 5.41. The minimum absolute atomic E-state index is 0.185. The van der Waals surface area contributed by atoms with Crippen molar-refractivity contribution in [2.45, 2.75) is 6.54 Å². The summed E-state index contributed by atoms with van der Waals surface area (Å²) in [4.78, 5) is 16.1.